The van der Waals surface area contributed by atoms with Gasteiger partial charge in [-0.25, -0.2) is 8.78 Å². The SMILES string of the molecule is CCCn1nccc1C(NC)c1cc(C)c(F)cc1F. The Kier molecular flexibility index (Phi) is 4.49. The van der Waals surface area contributed by atoms with Crippen LogP contribution in [0.1, 0.15) is 36.2 Å². The Balaban J connectivity index is 2.47. The predicted octanol–water partition coefficient (Wildman–Crippen LogP) is 3.19. The molecular weight excluding hydrogens is 260 g/mol. The molecule has 1 atom stereocenters. The number of rotatable bonds is 5. The van der Waals surface area contributed by atoms with E-state index in [1.807, 2.05) is 10.7 Å². The van der Waals surface area contributed by atoms with Gasteiger partial charge in [0.15, 0.2) is 0 Å². The summed E-state index contributed by atoms with van der Waals surface area (Å²) in [6, 6.07) is 4.00. The lowest BCUT2D eigenvalue weighted by molar-refractivity contribution is 0.509. The Morgan fingerprint density at radius 2 is 2.05 bits per heavy atom. The molecule has 0 amide bonds. The highest BCUT2D eigenvalue weighted by atomic mass is 19.1. The fourth-order valence-corrected chi connectivity index (χ4v) is 2.35. The molecule has 5 heteroatoms. The Hall–Kier alpha value is -1.75. The molecule has 0 fully saturated rings. The zero-order chi connectivity index (χ0) is 14.7. The number of halogens is 2. The van der Waals surface area contributed by atoms with Crippen molar-refractivity contribution in [2.24, 2.45) is 0 Å². The van der Waals surface area contributed by atoms with Gasteiger partial charge in [0.1, 0.15) is 11.6 Å². The molecule has 0 aliphatic carbocycles. The number of aromatic nitrogens is 2. The molecule has 1 aromatic carbocycles. The molecule has 1 N–H and O–H groups in total. The number of nitrogens with one attached hydrogen (secondary N) is 1. The van der Waals surface area contributed by atoms with Crippen molar-refractivity contribution in [1.29, 1.82) is 0 Å². The summed E-state index contributed by atoms with van der Waals surface area (Å²) in [5.41, 5.74) is 1.74. The molecule has 0 aliphatic rings. The van der Waals surface area contributed by atoms with Crippen LogP contribution in [0.25, 0.3) is 0 Å². The second-order valence-corrected chi connectivity index (χ2v) is 4.82. The van der Waals surface area contributed by atoms with Crippen molar-refractivity contribution in [2.75, 3.05) is 7.05 Å². The summed E-state index contributed by atoms with van der Waals surface area (Å²) in [5.74, 6) is -1.07. The number of hydrogen-bond acceptors (Lipinski definition) is 2. The van der Waals surface area contributed by atoms with Crippen LogP contribution in [-0.2, 0) is 6.54 Å². The molecular formula is C15H19F2N3. The molecule has 1 unspecified atom stereocenters. The van der Waals surface area contributed by atoms with Crippen LogP contribution >= 0.6 is 0 Å². The van der Waals surface area contributed by atoms with Crippen molar-refractivity contribution in [3.05, 3.63) is 52.9 Å². The molecule has 0 saturated carbocycles. The van der Waals surface area contributed by atoms with Crippen molar-refractivity contribution >= 4 is 0 Å². The van der Waals surface area contributed by atoms with Gasteiger partial charge in [0.05, 0.1) is 11.7 Å². The van der Waals surface area contributed by atoms with Gasteiger partial charge in [0.25, 0.3) is 0 Å². The van der Waals surface area contributed by atoms with E-state index in [4.69, 9.17) is 0 Å². The van der Waals surface area contributed by atoms with Gasteiger partial charge in [0, 0.05) is 24.4 Å². The van der Waals surface area contributed by atoms with Gasteiger partial charge < -0.3 is 5.32 Å². The van der Waals surface area contributed by atoms with Crippen molar-refractivity contribution < 1.29 is 8.78 Å². The molecule has 0 spiro atoms. The van der Waals surface area contributed by atoms with E-state index in [-0.39, 0.29) is 6.04 Å². The minimum Gasteiger partial charge on any atom is -0.308 e. The van der Waals surface area contributed by atoms with Gasteiger partial charge in [-0.15, -0.1) is 0 Å². The maximum atomic E-state index is 14.1. The van der Waals surface area contributed by atoms with Gasteiger partial charge in [-0.1, -0.05) is 6.92 Å². The summed E-state index contributed by atoms with van der Waals surface area (Å²) in [5, 5.41) is 7.33. The molecule has 20 heavy (non-hydrogen) atoms. The second kappa shape index (κ2) is 6.13. The normalized spacial score (nSPS) is 12.7. The standard InChI is InChI=1S/C15H19F2N3/c1-4-7-20-14(5-6-19-20)15(18-3)11-8-10(2)12(16)9-13(11)17/h5-6,8-9,15,18H,4,7H2,1-3H3. The summed E-state index contributed by atoms with van der Waals surface area (Å²) in [7, 11) is 1.76. The highest BCUT2D eigenvalue weighted by Crippen LogP contribution is 2.26. The molecule has 0 radical (unpaired) electrons. The second-order valence-electron chi connectivity index (χ2n) is 4.82. The fraction of sp³-hybridized carbons (Fsp3) is 0.400. The van der Waals surface area contributed by atoms with Crippen LogP contribution in [0.4, 0.5) is 8.78 Å². The smallest absolute Gasteiger partial charge is 0.131 e. The largest absolute Gasteiger partial charge is 0.308 e. The maximum absolute atomic E-state index is 14.1. The highest BCUT2D eigenvalue weighted by Gasteiger charge is 2.21. The van der Waals surface area contributed by atoms with Crippen molar-refractivity contribution in [3.63, 3.8) is 0 Å². The molecule has 2 rings (SSSR count). The Morgan fingerprint density at radius 3 is 2.70 bits per heavy atom. The first-order chi connectivity index (χ1) is 9.58. The molecule has 0 bridgehead atoms. The van der Waals surface area contributed by atoms with Crippen LogP contribution in [0.3, 0.4) is 0 Å². The number of hydrogen-bond donors (Lipinski definition) is 1. The molecule has 108 valence electrons. The third-order valence-corrected chi connectivity index (χ3v) is 3.36. The van der Waals surface area contributed by atoms with Crippen LogP contribution in [-0.4, -0.2) is 16.8 Å². The van der Waals surface area contributed by atoms with Crippen LogP contribution in [0.5, 0.6) is 0 Å². The lowest BCUT2D eigenvalue weighted by Gasteiger charge is -2.19. The number of benzene rings is 1. The van der Waals surface area contributed by atoms with Crippen molar-refractivity contribution in [3.8, 4) is 0 Å². The Morgan fingerprint density at radius 1 is 1.30 bits per heavy atom. The summed E-state index contributed by atoms with van der Waals surface area (Å²) in [4.78, 5) is 0. The van der Waals surface area contributed by atoms with Crippen LogP contribution < -0.4 is 5.32 Å². The van der Waals surface area contributed by atoms with Gasteiger partial charge in [0.2, 0.25) is 0 Å². The topological polar surface area (TPSA) is 29.9 Å². The van der Waals surface area contributed by atoms with E-state index >= 15 is 0 Å². The molecule has 3 nitrogen and oxygen atoms in total. The highest BCUT2D eigenvalue weighted by molar-refractivity contribution is 5.33. The van der Waals surface area contributed by atoms with Gasteiger partial charge in [-0.2, -0.15) is 5.10 Å². The molecule has 0 aliphatic heterocycles. The third-order valence-electron chi connectivity index (χ3n) is 3.36. The van der Waals surface area contributed by atoms with E-state index in [9.17, 15) is 8.78 Å². The number of aryl methyl sites for hydroxylation is 2. The lowest BCUT2D eigenvalue weighted by atomic mass is 10.0. The average molecular weight is 279 g/mol. The summed E-state index contributed by atoms with van der Waals surface area (Å²) >= 11 is 0. The predicted molar refractivity (Wildman–Crippen MR) is 74.5 cm³/mol. The molecule has 1 aromatic heterocycles. The van der Waals surface area contributed by atoms with Crippen LogP contribution in [0, 0.1) is 18.6 Å². The van der Waals surface area contributed by atoms with Crippen LogP contribution in [0.2, 0.25) is 0 Å². The van der Waals surface area contributed by atoms with E-state index in [0.29, 0.717) is 11.1 Å². The Bertz CT molecular complexity index is 593. The zero-order valence-corrected chi connectivity index (χ0v) is 12.0. The van der Waals surface area contributed by atoms with E-state index in [2.05, 4.69) is 17.3 Å². The summed E-state index contributed by atoms with van der Waals surface area (Å²) < 4.78 is 29.3. The first-order valence-corrected chi connectivity index (χ1v) is 6.73. The van der Waals surface area contributed by atoms with E-state index < -0.39 is 11.6 Å². The fourth-order valence-electron chi connectivity index (χ4n) is 2.35. The third kappa shape index (κ3) is 2.72. The van der Waals surface area contributed by atoms with Gasteiger partial charge >= 0.3 is 0 Å². The quantitative estimate of drug-likeness (QED) is 0.911. The molecule has 0 saturated heterocycles. The van der Waals surface area contributed by atoms with Crippen molar-refractivity contribution in [2.45, 2.75) is 32.9 Å². The van der Waals surface area contributed by atoms with Crippen molar-refractivity contribution in [1.82, 2.24) is 15.1 Å². The van der Waals surface area contributed by atoms with Gasteiger partial charge in [-0.05, 0) is 38.1 Å². The van der Waals surface area contributed by atoms with E-state index in [0.717, 1.165) is 24.7 Å². The van der Waals surface area contributed by atoms with E-state index in [1.54, 1.807) is 26.2 Å². The first kappa shape index (κ1) is 14.7. The average Bonchev–Trinajstić information content (AvgIpc) is 2.85. The number of nitrogens with zero attached hydrogens (tertiary/aromatic N) is 2. The minimum atomic E-state index is -0.545. The van der Waals surface area contributed by atoms with E-state index in [1.165, 1.54) is 0 Å². The first-order valence-electron chi connectivity index (χ1n) is 6.73. The molecule has 2 aromatic rings. The zero-order valence-electron chi connectivity index (χ0n) is 12.0. The summed E-state index contributed by atoms with van der Waals surface area (Å²) in [6.07, 6.45) is 2.64. The lowest BCUT2D eigenvalue weighted by Crippen LogP contribution is -2.23. The maximum Gasteiger partial charge on any atom is 0.131 e. The monoisotopic (exact) mass is 279 g/mol. The minimum absolute atomic E-state index is 0.344. The van der Waals surface area contributed by atoms with Gasteiger partial charge in [-0.3, -0.25) is 4.68 Å². The summed E-state index contributed by atoms with van der Waals surface area (Å²) in [6.45, 7) is 4.46. The van der Waals surface area contributed by atoms with Crippen LogP contribution in [0.15, 0.2) is 24.4 Å². The molecule has 1 heterocycles. The Labute approximate surface area is 117 Å².